The van der Waals surface area contributed by atoms with Crippen LogP contribution in [0.5, 0.6) is 0 Å². The van der Waals surface area contributed by atoms with Gasteiger partial charge in [0.2, 0.25) is 0 Å². The highest BCUT2D eigenvalue weighted by molar-refractivity contribution is 7.87. The maximum Gasteiger partial charge on any atom is 0.297 e. The van der Waals surface area contributed by atoms with Crippen molar-refractivity contribution in [3.8, 4) is 0 Å². The molecule has 2 aromatic rings. The Kier molecular flexibility index (Phi) is 9.16. The highest BCUT2D eigenvalue weighted by Gasteiger charge is 2.42. The molecule has 0 aliphatic heterocycles. The van der Waals surface area contributed by atoms with E-state index < -0.39 is 42.3 Å². The van der Waals surface area contributed by atoms with Gasteiger partial charge in [-0.3, -0.25) is 28.6 Å². The third-order valence-corrected chi connectivity index (χ3v) is 11.3. The third-order valence-electron chi connectivity index (χ3n) is 8.61. The molecular formula is C27H34N2O10S2. The number of hydrogen-bond acceptors (Lipinski definition) is 10. The molecule has 2 aliphatic rings. The van der Waals surface area contributed by atoms with Gasteiger partial charge in [-0.1, -0.05) is 26.0 Å². The van der Waals surface area contributed by atoms with Gasteiger partial charge in [0, 0.05) is 24.3 Å². The monoisotopic (exact) mass is 610 g/mol. The van der Waals surface area contributed by atoms with Crippen LogP contribution in [0, 0.1) is 37.5 Å². The molecule has 2 saturated carbocycles. The van der Waals surface area contributed by atoms with Gasteiger partial charge in [-0.2, -0.15) is 16.8 Å². The van der Waals surface area contributed by atoms with Crippen LogP contribution in [0.25, 0.3) is 0 Å². The molecule has 12 nitrogen and oxygen atoms in total. The minimum absolute atomic E-state index is 0.0756. The second-order valence-electron chi connectivity index (χ2n) is 11.4. The van der Waals surface area contributed by atoms with E-state index in [9.17, 15) is 37.1 Å². The largest absolute Gasteiger partial charge is 0.297 e. The van der Waals surface area contributed by atoms with E-state index in [1.807, 2.05) is 0 Å². The molecule has 2 aromatic carbocycles. The van der Waals surface area contributed by atoms with Gasteiger partial charge in [0.25, 0.3) is 31.6 Å². The van der Waals surface area contributed by atoms with Gasteiger partial charge in [-0.25, -0.2) is 0 Å². The summed E-state index contributed by atoms with van der Waals surface area (Å²) in [6.45, 7) is 4.40. The van der Waals surface area contributed by atoms with Crippen LogP contribution in [0.3, 0.4) is 0 Å². The summed E-state index contributed by atoms with van der Waals surface area (Å²) in [5.41, 5.74) is -0.711. The highest BCUT2D eigenvalue weighted by Crippen LogP contribution is 2.49. The second-order valence-corrected chi connectivity index (χ2v) is 14.5. The molecule has 14 heteroatoms. The zero-order valence-corrected chi connectivity index (χ0v) is 24.5. The van der Waals surface area contributed by atoms with Crippen LogP contribution in [-0.4, -0.2) is 38.9 Å². The molecule has 4 rings (SSSR count). The average Bonchev–Trinajstić information content (AvgIpc) is 2.93. The fourth-order valence-corrected chi connectivity index (χ4v) is 8.46. The van der Waals surface area contributed by atoms with Crippen LogP contribution in [0.4, 0.5) is 11.4 Å². The normalized spacial score (nSPS) is 24.0. The van der Waals surface area contributed by atoms with Crippen LogP contribution in [0.15, 0.2) is 58.3 Å². The van der Waals surface area contributed by atoms with Crippen LogP contribution in [0.1, 0.15) is 65.2 Å². The smallest absolute Gasteiger partial charge is 0.263 e. The Balaban J connectivity index is 1.30. The second kappa shape index (κ2) is 12.1. The van der Waals surface area contributed by atoms with E-state index in [4.69, 9.17) is 8.37 Å². The Morgan fingerprint density at radius 1 is 0.659 bits per heavy atom. The quantitative estimate of drug-likeness (QED) is 0.183. The summed E-state index contributed by atoms with van der Waals surface area (Å²) in [6, 6.07) is 9.65. The molecule has 0 N–H and O–H groups in total. The van der Waals surface area contributed by atoms with Gasteiger partial charge in [0.05, 0.1) is 22.1 Å². The number of nitro groups is 2. The van der Waals surface area contributed by atoms with Crippen molar-refractivity contribution in [2.24, 2.45) is 17.3 Å². The number of nitrogens with zero attached hydrogens (tertiary/aromatic N) is 2. The van der Waals surface area contributed by atoms with Crippen LogP contribution < -0.4 is 0 Å². The molecule has 0 spiro atoms. The molecule has 2 aliphatic carbocycles. The van der Waals surface area contributed by atoms with E-state index in [0.29, 0.717) is 37.5 Å². The lowest BCUT2D eigenvalue weighted by atomic mass is 9.60. The predicted molar refractivity (Wildman–Crippen MR) is 148 cm³/mol. The summed E-state index contributed by atoms with van der Waals surface area (Å²) >= 11 is 0. The Bertz CT molecular complexity index is 1380. The Morgan fingerprint density at radius 3 is 1.32 bits per heavy atom. The molecule has 0 aromatic heterocycles. The molecule has 0 heterocycles. The van der Waals surface area contributed by atoms with Crippen LogP contribution in [0.2, 0.25) is 0 Å². The first-order chi connectivity index (χ1) is 19.2. The van der Waals surface area contributed by atoms with Crippen molar-refractivity contribution in [2.75, 3.05) is 0 Å². The standard InChI is InChI=1S/C27H34N2O10S2/c1-27(2,19-9-13-23(14-10-19)38-40(34,35)25-7-3-5-21(17-25)28(30)31)20-11-15-24(16-12-20)39-41(36,37)26-8-4-6-22(18-26)29(32)33/h3-8,17-20,23-24H,9-16H2,1-2H3. The first kappa shape index (κ1) is 31.0. The fourth-order valence-electron chi connectivity index (χ4n) is 6.11. The van der Waals surface area contributed by atoms with Crippen molar-refractivity contribution < 1.29 is 35.0 Å². The summed E-state index contributed by atoms with van der Waals surface area (Å²) in [4.78, 5) is 20.3. The molecule has 0 atom stereocenters. The number of benzene rings is 2. The molecule has 41 heavy (non-hydrogen) atoms. The van der Waals surface area contributed by atoms with Crippen LogP contribution >= 0.6 is 0 Å². The van der Waals surface area contributed by atoms with Crippen LogP contribution in [-0.2, 0) is 28.6 Å². The molecule has 0 radical (unpaired) electrons. The molecule has 0 unspecified atom stereocenters. The first-order valence-corrected chi connectivity index (χ1v) is 16.4. The SMILES string of the molecule is CC(C)(C1CCC(OS(=O)(=O)c2cccc([N+](=O)[O-])c2)CC1)C1CCC(OS(=O)(=O)c2cccc([N+](=O)[O-])c2)CC1. The first-order valence-electron chi connectivity index (χ1n) is 13.5. The average molecular weight is 611 g/mol. The summed E-state index contributed by atoms with van der Waals surface area (Å²) in [6.07, 6.45) is 4.22. The van der Waals surface area contributed by atoms with E-state index in [-0.39, 0.29) is 26.6 Å². The third kappa shape index (κ3) is 7.29. The maximum atomic E-state index is 12.7. The van der Waals surface area contributed by atoms with E-state index in [0.717, 1.165) is 37.8 Å². The summed E-state index contributed by atoms with van der Waals surface area (Å²) < 4.78 is 61.9. The van der Waals surface area contributed by atoms with Crippen molar-refractivity contribution in [3.63, 3.8) is 0 Å². The lowest BCUT2D eigenvalue weighted by molar-refractivity contribution is -0.385. The zero-order valence-electron chi connectivity index (χ0n) is 22.9. The minimum Gasteiger partial charge on any atom is -0.263 e. The lowest BCUT2D eigenvalue weighted by Gasteiger charge is -2.46. The Hall–Kier alpha value is -2.94. The van der Waals surface area contributed by atoms with E-state index in [1.54, 1.807) is 0 Å². The van der Waals surface area contributed by atoms with Gasteiger partial charge < -0.3 is 0 Å². The molecular weight excluding hydrogens is 576 g/mol. The topological polar surface area (TPSA) is 173 Å². The fraction of sp³-hybridized carbons (Fsp3) is 0.556. The van der Waals surface area contributed by atoms with Crippen molar-refractivity contribution in [1.82, 2.24) is 0 Å². The predicted octanol–water partition coefficient (Wildman–Crippen LogP) is 5.76. The zero-order chi connectivity index (χ0) is 30.0. The van der Waals surface area contributed by atoms with E-state index >= 15 is 0 Å². The molecule has 2 fully saturated rings. The minimum atomic E-state index is -4.14. The Labute approximate surface area is 239 Å². The van der Waals surface area contributed by atoms with E-state index in [2.05, 4.69) is 13.8 Å². The lowest BCUT2D eigenvalue weighted by Crippen LogP contribution is -2.39. The summed E-state index contributed by atoms with van der Waals surface area (Å²) in [7, 11) is -8.28. The van der Waals surface area contributed by atoms with Crippen molar-refractivity contribution in [1.29, 1.82) is 0 Å². The van der Waals surface area contributed by atoms with E-state index in [1.165, 1.54) is 36.4 Å². The summed E-state index contributed by atoms with van der Waals surface area (Å²) in [5, 5.41) is 22.0. The Morgan fingerprint density at radius 2 is 1.00 bits per heavy atom. The van der Waals surface area contributed by atoms with Gasteiger partial charge >= 0.3 is 0 Å². The van der Waals surface area contributed by atoms with Crippen molar-refractivity contribution in [2.45, 2.75) is 87.2 Å². The van der Waals surface area contributed by atoms with Gasteiger partial charge in [0.15, 0.2) is 0 Å². The number of rotatable bonds is 10. The van der Waals surface area contributed by atoms with Gasteiger partial charge in [0.1, 0.15) is 9.79 Å². The maximum absolute atomic E-state index is 12.7. The summed E-state index contributed by atoms with van der Waals surface area (Å²) in [5.74, 6) is 0.637. The van der Waals surface area contributed by atoms with Crippen molar-refractivity contribution >= 4 is 31.6 Å². The van der Waals surface area contributed by atoms with Gasteiger partial charge in [-0.05, 0) is 80.8 Å². The highest BCUT2D eigenvalue weighted by atomic mass is 32.2. The molecule has 0 bridgehead atoms. The number of hydrogen-bond donors (Lipinski definition) is 0. The molecule has 0 amide bonds. The number of nitro benzene ring substituents is 2. The van der Waals surface area contributed by atoms with Crippen molar-refractivity contribution in [3.05, 3.63) is 68.8 Å². The number of non-ortho nitro benzene ring substituents is 2. The molecule has 224 valence electrons. The molecule has 0 saturated heterocycles. The van der Waals surface area contributed by atoms with Gasteiger partial charge in [-0.15, -0.1) is 0 Å².